The SMILES string of the molecule is CC[C@H](C)[C@@H]1NC(=O)[C@@H]2CCCN2C(=O)[C@H](Cc2ccc(O)cc2)NC(=O)[C@@H]2CCCN2C(=O)[C@H]([C@@H](C)CC)NC(=O)[C@@H]2CCCN2C(=O)[C@H](Cc2ccccc2)NC1=O. The maximum absolute atomic E-state index is 14.6. The number of nitrogens with one attached hydrogen (secondary N) is 4. The fourth-order valence-corrected chi connectivity index (χ4v) is 9.02. The first kappa shape index (κ1) is 44.1. The highest BCUT2D eigenvalue weighted by molar-refractivity contribution is 5.99. The number of amides is 7. The third-order valence-corrected chi connectivity index (χ3v) is 13.0. The molecule has 324 valence electrons. The predicted molar refractivity (Wildman–Crippen MR) is 223 cm³/mol. The minimum Gasteiger partial charge on any atom is -0.508 e. The molecule has 4 aliphatic heterocycles. The first-order valence-electron chi connectivity index (χ1n) is 21.8. The predicted octanol–water partition coefficient (Wildman–Crippen LogP) is 2.20. The average molecular weight is 828 g/mol. The summed E-state index contributed by atoms with van der Waals surface area (Å²) in [6.45, 7) is 8.30. The van der Waals surface area contributed by atoms with Gasteiger partial charge in [0, 0.05) is 32.5 Å². The molecule has 5 N–H and O–H groups in total. The van der Waals surface area contributed by atoms with Gasteiger partial charge in [0.15, 0.2) is 0 Å². The Morgan fingerprint density at radius 2 is 0.933 bits per heavy atom. The van der Waals surface area contributed by atoms with Crippen LogP contribution in [0.25, 0.3) is 0 Å². The van der Waals surface area contributed by atoms with E-state index in [0.29, 0.717) is 56.9 Å². The Labute approximate surface area is 352 Å². The van der Waals surface area contributed by atoms with Gasteiger partial charge in [-0.25, -0.2) is 0 Å². The summed E-state index contributed by atoms with van der Waals surface area (Å²) in [5, 5.41) is 21.8. The van der Waals surface area contributed by atoms with Crippen molar-refractivity contribution in [2.24, 2.45) is 11.8 Å². The molecular weight excluding hydrogens is 767 g/mol. The summed E-state index contributed by atoms with van der Waals surface area (Å²) in [4.78, 5) is 105. The van der Waals surface area contributed by atoms with Gasteiger partial charge >= 0.3 is 0 Å². The summed E-state index contributed by atoms with van der Waals surface area (Å²) in [5.74, 6) is -4.08. The number of nitrogens with zero attached hydrogens (tertiary/aromatic N) is 3. The molecule has 0 radical (unpaired) electrons. The highest BCUT2D eigenvalue weighted by Gasteiger charge is 2.45. The molecular formula is C45H61N7O8. The van der Waals surface area contributed by atoms with E-state index in [0.717, 1.165) is 5.56 Å². The van der Waals surface area contributed by atoms with Crippen LogP contribution in [0.5, 0.6) is 5.75 Å². The van der Waals surface area contributed by atoms with Crippen molar-refractivity contribution in [2.75, 3.05) is 19.6 Å². The number of carbonyl (C=O) groups excluding carboxylic acids is 7. The molecule has 0 spiro atoms. The van der Waals surface area contributed by atoms with Gasteiger partial charge in [-0.05, 0) is 73.6 Å². The van der Waals surface area contributed by atoms with E-state index in [1.165, 1.54) is 26.8 Å². The van der Waals surface area contributed by atoms with E-state index in [1.54, 1.807) is 12.1 Å². The van der Waals surface area contributed by atoms with Gasteiger partial charge in [0.05, 0.1) is 0 Å². The summed E-state index contributed by atoms with van der Waals surface area (Å²) in [6, 6.07) is 8.55. The van der Waals surface area contributed by atoms with Crippen molar-refractivity contribution in [1.82, 2.24) is 36.0 Å². The molecule has 60 heavy (non-hydrogen) atoms. The number of phenols is 1. The summed E-state index contributed by atoms with van der Waals surface area (Å²) in [7, 11) is 0. The molecule has 2 aromatic carbocycles. The van der Waals surface area contributed by atoms with Crippen LogP contribution in [0.1, 0.15) is 90.2 Å². The largest absolute Gasteiger partial charge is 0.508 e. The van der Waals surface area contributed by atoms with Crippen LogP contribution in [0, 0.1) is 11.8 Å². The van der Waals surface area contributed by atoms with E-state index in [-0.39, 0.29) is 50.1 Å². The lowest BCUT2D eigenvalue weighted by Gasteiger charge is -2.34. The van der Waals surface area contributed by atoms with Crippen molar-refractivity contribution < 1.29 is 38.7 Å². The minimum absolute atomic E-state index is 0.0386. The second-order valence-electron chi connectivity index (χ2n) is 17.0. The van der Waals surface area contributed by atoms with Gasteiger partial charge in [0.1, 0.15) is 48.0 Å². The molecule has 4 aliphatic rings. The zero-order chi connectivity index (χ0) is 43.1. The van der Waals surface area contributed by atoms with E-state index in [9.17, 15) is 38.7 Å². The van der Waals surface area contributed by atoms with Crippen molar-refractivity contribution in [3.63, 3.8) is 0 Å². The van der Waals surface area contributed by atoms with Gasteiger partial charge in [-0.2, -0.15) is 0 Å². The van der Waals surface area contributed by atoms with Crippen molar-refractivity contribution in [3.05, 3.63) is 65.7 Å². The van der Waals surface area contributed by atoms with Crippen LogP contribution in [0.2, 0.25) is 0 Å². The Morgan fingerprint density at radius 1 is 0.533 bits per heavy atom. The van der Waals surface area contributed by atoms with Crippen LogP contribution >= 0.6 is 0 Å². The highest BCUT2D eigenvalue weighted by atomic mass is 16.3. The molecule has 15 heteroatoms. The second kappa shape index (κ2) is 19.7. The molecule has 0 bridgehead atoms. The molecule has 4 fully saturated rings. The van der Waals surface area contributed by atoms with Gasteiger partial charge < -0.3 is 41.1 Å². The van der Waals surface area contributed by atoms with Gasteiger partial charge in [0.2, 0.25) is 41.4 Å². The molecule has 0 aliphatic carbocycles. The number of hydrogen-bond acceptors (Lipinski definition) is 8. The number of benzene rings is 2. The minimum atomic E-state index is -1.13. The first-order valence-corrected chi connectivity index (χ1v) is 21.8. The van der Waals surface area contributed by atoms with Crippen molar-refractivity contribution in [1.29, 1.82) is 0 Å². The second-order valence-corrected chi connectivity index (χ2v) is 17.0. The van der Waals surface area contributed by atoms with E-state index in [1.807, 2.05) is 58.0 Å². The Balaban J connectivity index is 1.40. The normalized spacial score (nSPS) is 28.4. The monoisotopic (exact) mass is 827 g/mol. The first-order chi connectivity index (χ1) is 28.8. The molecule has 15 nitrogen and oxygen atoms in total. The van der Waals surface area contributed by atoms with Crippen LogP contribution in [-0.2, 0) is 46.4 Å². The summed E-state index contributed by atoms with van der Waals surface area (Å²) in [6.07, 6.45) is 3.88. The van der Waals surface area contributed by atoms with Crippen LogP contribution in [0.15, 0.2) is 54.6 Å². The molecule has 4 heterocycles. The average Bonchev–Trinajstić information content (AvgIpc) is 4.06. The zero-order valence-electron chi connectivity index (χ0n) is 35.2. The lowest BCUT2D eigenvalue weighted by molar-refractivity contribution is -0.146. The fourth-order valence-electron chi connectivity index (χ4n) is 9.02. The Kier molecular flexibility index (Phi) is 14.5. The lowest BCUT2D eigenvalue weighted by Crippen LogP contribution is -2.60. The topological polar surface area (TPSA) is 198 Å². The van der Waals surface area contributed by atoms with E-state index >= 15 is 0 Å². The number of fused-ring (bicyclic) bond motifs is 3. The quantitative estimate of drug-likeness (QED) is 0.267. The van der Waals surface area contributed by atoms with Crippen LogP contribution < -0.4 is 21.3 Å². The summed E-state index contributed by atoms with van der Waals surface area (Å²) < 4.78 is 0. The number of rotatable bonds is 8. The van der Waals surface area contributed by atoms with Crippen molar-refractivity contribution in [2.45, 2.75) is 134 Å². The summed E-state index contributed by atoms with van der Waals surface area (Å²) >= 11 is 0. The molecule has 0 aromatic heterocycles. The van der Waals surface area contributed by atoms with Gasteiger partial charge in [-0.15, -0.1) is 0 Å². The molecule has 9 atom stereocenters. The Morgan fingerprint density at radius 3 is 1.42 bits per heavy atom. The van der Waals surface area contributed by atoms with E-state index < -0.39 is 83.6 Å². The number of carbonyl (C=O) groups is 7. The third-order valence-electron chi connectivity index (χ3n) is 13.0. The smallest absolute Gasteiger partial charge is 0.246 e. The number of aromatic hydroxyl groups is 1. The molecule has 4 saturated heterocycles. The van der Waals surface area contributed by atoms with Crippen molar-refractivity contribution in [3.8, 4) is 5.75 Å². The van der Waals surface area contributed by atoms with E-state index in [2.05, 4.69) is 21.3 Å². The van der Waals surface area contributed by atoms with Gasteiger partial charge in [-0.3, -0.25) is 33.6 Å². The third kappa shape index (κ3) is 9.93. The molecule has 0 unspecified atom stereocenters. The molecule has 7 amide bonds. The van der Waals surface area contributed by atoms with Crippen LogP contribution in [0.3, 0.4) is 0 Å². The van der Waals surface area contributed by atoms with E-state index in [4.69, 9.17) is 0 Å². The zero-order valence-corrected chi connectivity index (χ0v) is 35.2. The van der Waals surface area contributed by atoms with Gasteiger partial charge in [-0.1, -0.05) is 83.0 Å². The molecule has 6 rings (SSSR count). The van der Waals surface area contributed by atoms with Crippen LogP contribution in [-0.4, -0.2) is 123 Å². The van der Waals surface area contributed by atoms with Crippen LogP contribution in [0.4, 0.5) is 0 Å². The maximum atomic E-state index is 14.6. The maximum Gasteiger partial charge on any atom is 0.246 e. The highest BCUT2D eigenvalue weighted by Crippen LogP contribution is 2.26. The van der Waals surface area contributed by atoms with Crippen molar-refractivity contribution >= 4 is 41.4 Å². The molecule has 2 aromatic rings. The Hall–Kier alpha value is -5.47. The molecule has 0 saturated carbocycles. The van der Waals surface area contributed by atoms with Gasteiger partial charge in [0.25, 0.3) is 0 Å². The number of phenolic OH excluding ortho intramolecular Hbond substituents is 1. The summed E-state index contributed by atoms with van der Waals surface area (Å²) in [5.41, 5.74) is 1.45. The number of hydrogen-bond donors (Lipinski definition) is 5. The standard InChI is InChI=1S/C45H61N7O8/c1-5-27(3)37-42(57)47-33(25-29-13-8-7-9-14-29)44(59)51-23-11-17-36(51)41(56)49-38(28(4)6-2)45(60)52-24-12-15-34(52)39(54)46-32(26-30-18-20-31(53)21-19-30)43(58)50-22-10-16-35(50)40(55)48-37/h7-9,13-14,18-21,27-28,32-38,53H,5-6,10-12,15-17,22-26H2,1-4H3,(H,46,54)(H,47,57)(H,48,55)(H,49,56)/t27-,28-,32-,33-,34-,35-,36-,37-,38-/m0/s1. The lowest BCUT2D eigenvalue weighted by atomic mass is 9.96. The Bertz CT molecular complexity index is 1890. The fraction of sp³-hybridized carbons (Fsp3) is 0.578.